The highest BCUT2D eigenvalue weighted by molar-refractivity contribution is 5.24. The average molecular weight is 145 g/mol. The second kappa shape index (κ2) is 2.62. The van der Waals surface area contributed by atoms with Crippen molar-refractivity contribution in [1.82, 2.24) is 0 Å². The van der Waals surface area contributed by atoms with Crippen LogP contribution in [0.2, 0.25) is 0 Å². The van der Waals surface area contributed by atoms with E-state index in [1.54, 1.807) is 0 Å². The Bertz CT molecular complexity index is 239. The summed E-state index contributed by atoms with van der Waals surface area (Å²) in [6.45, 7) is 0. The van der Waals surface area contributed by atoms with Gasteiger partial charge in [0.25, 0.3) is 0 Å². The second-order valence-corrected chi connectivity index (χ2v) is 1.67. The van der Waals surface area contributed by atoms with Crippen molar-refractivity contribution in [3.8, 4) is 5.75 Å². The van der Waals surface area contributed by atoms with Crippen LogP contribution in [-0.4, -0.2) is 0 Å². The van der Waals surface area contributed by atoms with Crippen molar-refractivity contribution in [3.63, 3.8) is 0 Å². The molecule has 0 fully saturated rings. The van der Waals surface area contributed by atoms with E-state index < -0.39 is 11.6 Å². The lowest BCUT2D eigenvalue weighted by Gasteiger charge is -1.98. The Morgan fingerprint density at radius 2 is 2.00 bits per heavy atom. The molecule has 2 N–H and O–H groups in total. The average Bonchev–Trinajstić information content (AvgIpc) is 1.95. The summed E-state index contributed by atoms with van der Waals surface area (Å²) in [4.78, 5) is 4.01. The van der Waals surface area contributed by atoms with E-state index in [1.165, 1.54) is 12.1 Å². The fraction of sp³-hybridized carbons (Fsp3) is 0. The molecule has 1 aromatic carbocycles. The minimum absolute atomic E-state index is 0.292. The summed E-state index contributed by atoms with van der Waals surface area (Å²) >= 11 is 0. The molecule has 10 heavy (non-hydrogen) atoms. The van der Waals surface area contributed by atoms with Crippen LogP contribution in [0, 0.1) is 11.6 Å². The lowest BCUT2D eigenvalue weighted by Crippen LogP contribution is -2.04. The lowest BCUT2D eigenvalue weighted by molar-refractivity contribution is 0.308. The maximum atomic E-state index is 12.4. The maximum absolute atomic E-state index is 12.4. The summed E-state index contributed by atoms with van der Waals surface area (Å²) in [5, 5.41) is 0. The van der Waals surface area contributed by atoms with Crippen molar-refractivity contribution in [1.29, 1.82) is 0 Å². The molecular weight excluding hydrogens is 140 g/mol. The van der Waals surface area contributed by atoms with Crippen molar-refractivity contribution in [2.75, 3.05) is 0 Å². The molecule has 1 aromatic rings. The van der Waals surface area contributed by atoms with Crippen molar-refractivity contribution < 1.29 is 13.6 Å². The zero-order chi connectivity index (χ0) is 7.56. The number of nitrogens with two attached hydrogens (primary N) is 1. The maximum Gasteiger partial charge on any atom is 0.203 e. The number of halogens is 2. The largest absolute Gasteiger partial charge is 0.408 e. The summed E-state index contributed by atoms with van der Waals surface area (Å²) in [6.07, 6.45) is 0. The topological polar surface area (TPSA) is 35.2 Å². The van der Waals surface area contributed by atoms with E-state index in [1.807, 2.05) is 0 Å². The lowest BCUT2D eigenvalue weighted by atomic mass is 10.3. The zero-order valence-electron chi connectivity index (χ0n) is 4.97. The number of hydrogen-bond donors (Lipinski definition) is 1. The van der Waals surface area contributed by atoms with Crippen molar-refractivity contribution in [2.24, 2.45) is 5.90 Å². The highest BCUT2D eigenvalue weighted by Crippen LogP contribution is 2.17. The van der Waals surface area contributed by atoms with Gasteiger partial charge in [0.1, 0.15) is 0 Å². The monoisotopic (exact) mass is 145 g/mol. The minimum Gasteiger partial charge on any atom is -0.408 e. The van der Waals surface area contributed by atoms with E-state index >= 15 is 0 Å². The Morgan fingerprint density at radius 3 is 2.50 bits per heavy atom. The van der Waals surface area contributed by atoms with Gasteiger partial charge in [-0.3, -0.25) is 0 Å². The van der Waals surface area contributed by atoms with Gasteiger partial charge in [0.2, 0.25) is 5.82 Å². The predicted molar refractivity (Wildman–Crippen MR) is 31.2 cm³/mol. The number of benzene rings is 1. The molecule has 0 unspecified atom stereocenters. The molecule has 0 heterocycles. The molecule has 0 bridgehead atoms. The molecule has 1 rings (SSSR count). The van der Waals surface area contributed by atoms with E-state index in [2.05, 4.69) is 10.7 Å². The summed E-state index contributed by atoms with van der Waals surface area (Å²) in [6, 6.07) is 3.52. The smallest absolute Gasteiger partial charge is 0.203 e. The second-order valence-electron chi connectivity index (χ2n) is 1.67. The number of rotatable bonds is 1. The minimum atomic E-state index is -1.06. The fourth-order valence-electron chi connectivity index (χ4n) is 0.575. The van der Waals surface area contributed by atoms with Crippen LogP contribution in [0.3, 0.4) is 0 Å². The van der Waals surface area contributed by atoms with E-state index in [4.69, 9.17) is 0 Å². The van der Waals surface area contributed by atoms with E-state index in [-0.39, 0.29) is 5.75 Å². The third kappa shape index (κ3) is 1.06. The summed E-state index contributed by atoms with van der Waals surface area (Å²) < 4.78 is 24.7. The van der Waals surface area contributed by atoms with Crippen LogP contribution < -0.4 is 10.7 Å². The predicted octanol–water partition coefficient (Wildman–Crippen LogP) is 1.22. The van der Waals surface area contributed by atoms with Crippen LogP contribution in [0.4, 0.5) is 8.78 Å². The standard InChI is InChI=1S/C6H5F2NO/c7-4-2-1-3-5(10-9)6(4)8/h1-3H,9H2. The van der Waals surface area contributed by atoms with Crippen LogP contribution in [0.1, 0.15) is 0 Å². The third-order valence-corrected chi connectivity index (χ3v) is 1.04. The van der Waals surface area contributed by atoms with Gasteiger partial charge < -0.3 is 4.84 Å². The zero-order valence-corrected chi connectivity index (χ0v) is 4.97. The molecule has 0 saturated carbocycles. The highest BCUT2D eigenvalue weighted by Gasteiger charge is 2.06. The Labute approximate surface area is 56.2 Å². The first-order valence-corrected chi connectivity index (χ1v) is 2.56. The molecule has 0 aliphatic heterocycles. The Hall–Kier alpha value is -1.16. The molecule has 0 radical (unpaired) electrons. The van der Waals surface area contributed by atoms with E-state index in [9.17, 15) is 8.78 Å². The van der Waals surface area contributed by atoms with Crippen LogP contribution in [0.5, 0.6) is 5.75 Å². The van der Waals surface area contributed by atoms with Gasteiger partial charge in [-0.15, -0.1) is 0 Å². The normalized spacial score (nSPS) is 9.50. The van der Waals surface area contributed by atoms with Crippen LogP contribution in [-0.2, 0) is 0 Å². The molecule has 0 amide bonds. The summed E-state index contributed by atoms with van der Waals surface area (Å²) in [5.74, 6) is 2.29. The molecule has 0 aliphatic rings. The van der Waals surface area contributed by atoms with Gasteiger partial charge in [0, 0.05) is 0 Å². The molecule has 0 spiro atoms. The van der Waals surface area contributed by atoms with Gasteiger partial charge in [-0.25, -0.2) is 4.39 Å². The Balaban J connectivity index is 3.14. The first-order valence-electron chi connectivity index (χ1n) is 2.56. The number of hydrogen-bond acceptors (Lipinski definition) is 2. The molecule has 2 nitrogen and oxygen atoms in total. The molecule has 4 heteroatoms. The van der Waals surface area contributed by atoms with Gasteiger partial charge in [-0.1, -0.05) is 6.07 Å². The Morgan fingerprint density at radius 1 is 1.30 bits per heavy atom. The van der Waals surface area contributed by atoms with Gasteiger partial charge in [0.05, 0.1) is 0 Å². The van der Waals surface area contributed by atoms with Crippen molar-refractivity contribution in [2.45, 2.75) is 0 Å². The van der Waals surface area contributed by atoms with Crippen molar-refractivity contribution in [3.05, 3.63) is 29.8 Å². The molecular formula is C6H5F2NO. The quantitative estimate of drug-likeness (QED) is 0.603. The van der Waals surface area contributed by atoms with E-state index in [0.717, 1.165) is 6.07 Å². The molecule has 0 saturated heterocycles. The van der Waals surface area contributed by atoms with Gasteiger partial charge in [-0.05, 0) is 12.1 Å². The van der Waals surface area contributed by atoms with Crippen LogP contribution >= 0.6 is 0 Å². The molecule has 0 aromatic heterocycles. The van der Waals surface area contributed by atoms with Crippen molar-refractivity contribution >= 4 is 0 Å². The fourth-order valence-corrected chi connectivity index (χ4v) is 0.575. The highest BCUT2D eigenvalue weighted by atomic mass is 19.2. The summed E-state index contributed by atoms with van der Waals surface area (Å²) in [7, 11) is 0. The Kier molecular flexibility index (Phi) is 1.82. The third-order valence-electron chi connectivity index (χ3n) is 1.04. The van der Waals surface area contributed by atoms with Crippen LogP contribution in [0.25, 0.3) is 0 Å². The van der Waals surface area contributed by atoms with E-state index in [0.29, 0.717) is 0 Å². The first-order chi connectivity index (χ1) is 4.75. The molecule has 0 atom stereocenters. The SMILES string of the molecule is NOc1cccc(F)c1F. The summed E-state index contributed by atoms with van der Waals surface area (Å²) in [5.41, 5.74) is 0. The molecule has 0 aliphatic carbocycles. The van der Waals surface area contributed by atoms with Gasteiger partial charge in [0.15, 0.2) is 11.6 Å². The van der Waals surface area contributed by atoms with Gasteiger partial charge >= 0.3 is 0 Å². The first kappa shape index (κ1) is 6.95. The van der Waals surface area contributed by atoms with Crippen LogP contribution in [0.15, 0.2) is 18.2 Å². The molecule has 54 valence electrons. The van der Waals surface area contributed by atoms with Gasteiger partial charge in [-0.2, -0.15) is 10.3 Å².